The molecule has 2 amide bonds. The lowest BCUT2D eigenvalue weighted by molar-refractivity contribution is -0.125. The van der Waals surface area contributed by atoms with E-state index in [1.807, 2.05) is 42.5 Å². The molecule has 3 aromatic rings. The zero-order chi connectivity index (χ0) is 21.6. The third kappa shape index (κ3) is 4.80. The maximum absolute atomic E-state index is 12.8. The van der Waals surface area contributed by atoms with Crippen molar-refractivity contribution in [3.63, 3.8) is 0 Å². The summed E-state index contributed by atoms with van der Waals surface area (Å²) in [7, 11) is 0. The van der Waals surface area contributed by atoms with E-state index < -0.39 is 18.0 Å². The molecule has 6 heteroatoms. The van der Waals surface area contributed by atoms with E-state index >= 15 is 0 Å². The van der Waals surface area contributed by atoms with Crippen molar-refractivity contribution >= 4 is 23.5 Å². The quantitative estimate of drug-likeness (QED) is 0.606. The molecule has 6 nitrogen and oxygen atoms in total. The Labute approximate surface area is 180 Å². The lowest BCUT2D eigenvalue weighted by atomic mass is 9.98. The summed E-state index contributed by atoms with van der Waals surface area (Å²) in [6.45, 7) is 0.474. The van der Waals surface area contributed by atoms with Gasteiger partial charge in [-0.05, 0) is 35.7 Å². The summed E-state index contributed by atoms with van der Waals surface area (Å²) in [5, 5.41) is 5.63. The summed E-state index contributed by atoms with van der Waals surface area (Å²) in [6, 6.07) is 23.7. The summed E-state index contributed by atoms with van der Waals surface area (Å²) < 4.78 is 5.31. The molecule has 0 saturated heterocycles. The molecule has 31 heavy (non-hydrogen) atoms. The molecule has 1 heterocycles. The number of cyclic esters (lactones) is 1. The van der Waals surface area contributed by atoms with Gasteiger partial charge < -0.3 is 15.4 Å². The normalized spacial score (nSPS) is 14.8. The predicted molar refractivity (Wildman–Crippen MR) is 117 cm³/mol. The minimum absolute atomic E-state index is 0.280. The van der Waals surface area contributed by atoms with Gasteiger partial charge in [0.05, 0.1) is 16.8 Å². The highest BCUT2D eigenvalue weighted by molar-refractivity contribution is 6.05. The lowest BCUT2D eigenvalue weighted by Gasteiger charge is -2.24. The first-order chi connectivity index (χ1) is 15.1. The molecule has 1 aliphatic heterocycles. The van der Waals surface area contributed by atoms with E-state index in [0.717, 1.165) is 11.1 Å². The standard InChI is InChI=1S/C25H22N2O4/c28-23(26-15-14-17-8-2-1-3-9-17)20-12-6-7-13-21(20)27-24(29)22-16-18-10-4-5-11-19(18)25(30)31-22/h1-13,22H,14-16H2,(H,26,28)(H,27,29). The highest BCUT2D eigenvalue weighted by Crippen LogP contribution is 2.22. The molecule has 1 unspecified atom stereocenters. The number of fused-ring (bicyclic) bond motifs is 1. The number of esters is 1. The molecular weight excluding hydrogens is 392 g/mol. The van der Waals surface area contributed by atoms with Crippen LogP contribution in [0.3, 0.4) is 0 Å². The number of rotatable bonds is 6. The minimum Gasteiger partial charge on any atom is -0.448 e. The number of benzene rings is 3. The fourth-order valence-corrected chi connectivity index (χ4v) is 3.54. The summed E-state index contributed by atoms with van der Waals surface area (Å²) in [6.07, 6.45) is 0.0501. The second-order valence-electron chi connectivity index (χ2n) is 7.28. The Morgan fingerprint density at radius 2 is 1.61 bits per heavy atom. The number of hydrogen-bond donors (Lipinski definition) is 2. The van der Waals surface area contributed by atoms with Crippen molar-refractivity contribution < 1.29 is 19.1 Å². The summed E-state index contributed by atoms with van der Waals surface area (Å²) in [5.41, 5.74) is 3.10. The van der Waals surface area contributed by atoms with E-state index in [9.17, 15) is 14.4 Å². The Morgan fingerprint density at radius 1 is 0.903 bits per heavy atom. The Hall–Kier alpha value is -3.93. The third-order valence-electron chi connectivity index (χ3n) is 5.16. The fourth-order valence-electron chi connectivity index (χ4n) is 3.54. The number of para-hydroxylation sites is 1. The van der Waals surface area contributed by atoms with Gasteiger partial charge in [0.25, 0.3) is 11.8 Å². The highest BCUT2D eigenvalue weighted by atomic mass is 16.5. The van der Waals surface area contributed by atoms with Crippen LogP contribution in [-0.2, 0) is 22.4 Å². The van der Waals surface area contributed by atoms with Crippen molar-refractivity contribution in [3.8, 4) is 0 Å². The van der Waals surface area contributed by atoms with Crippen LogP contribution in [0.4, 0.5) is 5.69 Å². The number of ether oxygens (including phenoxy) is 1. The second-order valence-corrected chi connectivity index (χ2v) is 7.28. The minimum atomic E-state index is -0.948. The van der Waals surface area contributed by atoms with Crippen LogP contribution in [0.25, 0.3) is 0 Å². The number of nitrogens with one attached hydrogen (secondary N) is 2. The zero-order valence-corrected chi connectivity index (χ0v) is 16.8. The van der Waals surface area contributed by atoms with Gasteiger partial charge in [-0.3, -0.25) is 9.59 Å². The Kier molecular flexibility index (Phi) is 6.08. The van der Waals surface area contributed by atoms with Crippen LogP contribution in [0.1, 0.15) is 31.8 Å². The monoisotopic (exact) mass is 414 g/mol. The van der Waals surface area contributed by atoms with Crippen LogP contribution in [0.2, 0.25) is 0 Å². The first-order valence-electron chi connectivity index (χ1n) is 10.1. The van der Waals surface area contributed by atoms with Crippen LogP contribution >= 0.6 is 0 Å². The molecule has 0 radical (unpaired) electrons. The van der Waals surface area contributed by atoms with Gasteiger partial charge in [0.1, 0.15) is 0 Å². The van der Waals surface area contributed by atoms with Crippen LogP contribution in [0, 0.1) is 0 Å². The largest absolute Gasteiger partial charge is 0.448 e. The first kappa shape index (κ1) is 20.3. The Bertz CT molecular complexity index is 1110. The van der Waals surface area contributed by atoms with Crippen molar-refractivity contribution in [2.75, 3.05) is 11.9 Å². The molecule has 1 atom stereocenters. The first-order valence-corrected chi connectivity index (χ1v) is 10.1. The van der Waals surface area contributed by atoms with Gasteiger partial charge in [0.15, 0.2) is 6.10 Å². The molecule has 3 aromatic carbocycles. The molecule has 1 aliphatic rings. The zero-order valence-electron chi connectivity index (χ0n) is 16.8. The van der Waals surface area contributed by atoms with Crippen LogP contribution < -0.4 is 10.6 Å². The van der Waals surface area contributed by atoms with Gasteiger partial charge in [0.2, 0.25) is 0 Å². The van der Waals surface area contributed by atoms with Gasteiger partial charge >= 0.3 is 5.97 Å². The van der Waals surface area contributed by atoms with Crippen LogP contribution in [0.5, 0.6) is 0 Å². The number of carbonyl (C=O) groups excluding carboxylic acids is 3. The second kappa shape index (κ2) is 9.26. The predicted octanol–water partition coefficient (Wildman–Crippen LogP) is 3.38. The maximum atomic E-state index is 12.8. The van der Waals surface area contributed by atoms with Crippen molar-refractivity contribution in [1.29, 1.82) is 0 Å². The number of amides is 2. The van der Waals surface area contributed by atoms with E-state index in [4.69, 9.17) is 4.74 Å². The average molecular weight is 414 g/mol. The van der Waals surface area contributed by atoms with Gasteiger partial charge in [-0.2, -0.15) is 0 Å². The third-order valence-corrected chi connectivity index (χ3v) is 5.16. The van der Waals surface area contributed by atoms with Crippen LogP contribution in [0.15, 0.2) is 78.9 Å². The molecule has 0 bridgehead atoms. The van der Waals surface area contributed by atoms with Gasteiger partial charge in [-0.25, -0.2) is 4.79 Å². The van der Waals surface area contributed by atoms with Crippen molar-refractivity contribution in [2.24, 2.45) is 0 Å². The highest BCUT2D eigenvalue weighted by Gasteiger charge is 2.31. The van der Waals surface area contributed by atoms with E-state index in [0.29, 0.717) is 36.2 Å². The number of carbonyl (C=O) groups is 3. The summed E-state index contributed by atoms with van der Waals surface area (Å²) in [4.78, 5) is 37.7. The number of hydrogen-bond acceptors (Lipinski definition) is 4. The van der Waals surface area contributed by atoms with Gasteiger partial charge in [0, 0.05) is 13.0 Å². The smallest absolute Gasteiger partial charge is 0.339 e. The molecule has 2 N–H and O–H groups in total. The summed E-state index contributed by atoms with van der Waals surface area (Å²) >= 11 is 0. The van der Waals surface area contributed by atoms with E-state index in [-0.39, 0.29) is 5.91 Å². The Balaban J connectivity index is 1.41. The van der Waals surface area contributed by atoms with E-state index in [1.165, 1.54) is 0 Å². The molecule has 0 spiro atoms. The molecule has 0 aliphatic carbocycles. The van der Waals surface area contributed by atoms with E-state index in [2.05, 4.69) is 10.6 Å². The molecule has 0 saturated carbocycles. The van der Waals surface area contributed by atoms with Crippen LogP contribution in [-0.4, -0.2) is 30.4 Å². The van der Waals surface area contributed by atoms with Crippen molar-refractivity contribution in [3.05, 3.63) is 101 Å². The Morgan fingerprint density at radius 3 is 2.45 bits per heavy atom. The molecule has 156 valence electrons. The number of anilines is 1. The van der Waals surface area contributed by atoms with Crippen molar-refractivity contribution in [2.45, 2.75) is 18.9 Å². The average Bonchev–Trinajstić information content (AvgIpc) is 2.80. The molecular formula is C25H22N2O4. The van der Waals surface area contributed by atoms with Crippen molar-refractivity contribution in [1.82, 2.24) is 5.32 Å². The lowest BCUT2D eigenvalue weighted by Crippen LogP contribution is -2.38. The molecule has 0 aromatic heterocycles. The maximum Gasteiger partial charge on any atom is 0.339 e. The fraction of sp³-hybridized carbons (Fsp3) is 0.160. The van der Waals surface area contributed by atoms with Gasteiger partial charge in [-0.15, -0.1) is 0 Å². The van der Waals surface area contributed by atoms with Gasteiger partial charge in [-0.1, -0.05) is 60.7 Å². The topological polar surface area (TPSA) is 84.5 Å². The SMILES string of the molecule is O=C1OC(C(=O)Nc2ccccc2C(=O)NCCc2ccccc2)Cc2ccccc21. The molecule has 0 fully saturated rings. The summed E-state index contributed by atoms with van der Waals surface area (Å²) in [5.74, 6) is -1.26. The van der Waals surface area contributed by atoms with E-state index in [1.54, 1.807) is 36.4 Å². The molecule has 4 rings (SSSR count).